The lowest BCUT2D eigenvalue weighted by Crippen LogP contribution is -1.97. The number of carbonyl (C=O) groups is 1. The number of nitrogens with one attached hydrogen (secondary N) is 1. The van der Waals surface area contributed by atoms with Gasteiger partial charge in [0.25, 0.3) is 0 Å². The van der Waals surface area contributed by atoms with Gasteiger partial charge in [0.05, 0.1) is 24.1 Å². The first-order chi connectivity index (χ1) is 9.24. The number of aryl methyl sites for hydroxylation is 1. The largest absolute Gasteiger partial charge is 0.481 e. The Kier molecular flexibility index (Phi) is 2.79. The van der Waals surface area contributed by atoms with Crippen molar-refractivity contribution in [3.05, 3.63) is 48.7 Å². The maximum atomic E-state index is 10.5. The highest BCUT2D eigenvalue weighted by Crippen LogP contribution is 2.21. The van der Waals surface area contributed by atoms with E-state index in [-0.39, 0.29) is 6.42 Å². The van der Waals surface area contributed by atoms with Gasteiger partial charge >= 0.3 is 5.97 Å². The number of carboxylic acid groups (broad SMARTS) is 1. The second-order valence-corrected chi connectivity index (χ2v) is 4.39. The quantitative estimate of drug-likeness (QED) is 0.751. The molecule has 0 radical (unpaired) electrons. The van der Waals surface area contributed by atoms with Gasteiger partial charge in [-0.1, -0.05) is 18.2 Å². The Morgan fingerprint density at radius 2 is 2.21 bits per heavy atom. The van der Waals surface area contributed by atoms with Crippen LogP contribution in [0, 0.1) is 0 Å². The number of benzene rings is 1. The zero-order chi connectivity index (χ0) is 13.2. The average molecular weight is 255 g/mol. The molecule has 0 aliphatic heterocycles. The van der Waals surface area contributed by atoms with Crippen LogP contribution in [0.2, 0.25) is 0 Å². The van der Waals surface area contributed by atoms with Gasteiger partial charge in [-0.3, -0.25) is 4.79 Å². The monoisotopic (exact) mass is 255 g/mol. The molecule has 5 nitrogen and oxygen atoms in total. The molecule has 0 unspecified atom stereocenters. The summed E-state index contributed by atoms with van der Waals surface area (Å²) in [5, 5.41) is 9.78. The summed E-state index contributed by atoms with van der Waals surface area (Å²) in [7, 11) is 0. The van der Waals surface area contributed by atoms with Crippen molar-refractivity contribution in [3.63, 3.8) is 0 Å². The molecule has 0 bridgehead atoms. The maximum absolute atomic E-state index is 10.5. The number of aliphatic carboxylic acids is 1. The van der Waals surface area contributed by atoms with Crippen LogP contribution < -0.4 is 0 Å². The number of rotatable bonds is 4. The fraction of sp³-hybridized carbons (Fsp3) is 0.143. The molecule has 3 rings (SSSR count). The molecular formula is C14H13N3O2. The molecule has 0 saturated carbocycles. The van der Waals surface area contributed by atoms with Gasteiger partial charge in [-0.15, -0.1) is 0 Å². The van der Waals surface area contributed by atoms with E-state index in [1.165, 1.54) is 0 Å². The Hall–Kier alpha value is -2.56. The summed E-state index contributed by atoms with van der Waals surface area (Å²) < 4.78 is 1.91. The van der Waals surface area contributed by atoms with Gasteiger partial charge in [-0.25, -0.2) is 4.98 Å². The number of carboxylic acids is 1. The molecule has 0 aliphatic rings. The number of hydrogen-bond donors (Lipinski definition) is 2. The molecule has 2 heterocycles. The molecule has 3 aromatic rings. The van der Waals surface area contributed by atoms with Gasteiger partial charge in [-0.2, -0.15) is 0 Å². The van der Waals surface area contributed by atoms with Crippen molar-refractivity contribution in [1.82, 2.24) is 14.5 Å². The lowest BCUT2D eigenvalue weighted by Gasteiger charge is -1.98. The first kappa shape index (κ1) is 11.5. The smallest absolute Gasteiger partial charge is 0.303 e. The average Bonchev–Trinajstić information content (AvgIpc) is 3.02. The third kappa shape index (κ3) is 2.22. The number of hydrogen-bond acceptors (Lipinski definition) is 2. The van der Waals surface area contributed by atoms with E-state index in [0.29, 0.717) is 6.42 Å². The number of fused-ring (bicyclic) bond motifs is 1. The Bertz CT molecular complexity index is 727. The molecule has 5 heteroatoms. The standard InChI is InChI=1S/C14H13N3O2/c18-14(19)6-5-10-8-17(9-16-10)13-7-15-12-4-2-1-3-11(12)13/h1-4,7-9,15H,5-6H2,(H,18,19). The van der Waals surface area contributed by atoms with Crippen LogP contribution in [0.15, 0.2) is 43.0 Å². The molecule has 0 atom stereocenters. The number of para-hydroxylation sites is 1. The van der Waals surface area contributed by atoms with Crippen LogP contribution >= 0.6 is 0 Å². The number of aromatic amines is 1. The molecular weight excluding hydrogens is 242 g/mol. The predicted molar refractivity (Wildman–Crippen MR) is 71.4 cm³/mol. The minimum absolute atomic E-state index is 0.102. The van der Waals surface area contributed by atoms with Crippen molar-refractivity contribution < 1.29 is 9.90 Å². The van der Waals surface area contributed by atoms with Crippen molar-refractivity contribution in [2.24, 2.45) is 0 Å². The van der Waals surface area contributed by atoms with Crippen LogP contribution in [0.4, 0.5) is 0 Å². The third-order valence-electron chi connectivity index (χ3n) is 3.08. The lowest BCUT2D eigenvalue weighted by molar-refractivity contribution is -0.136. The fourth-order valence-corrected chi connectivity index (χ4v) is 2.13. The molecule has 96 valence electrons. The molecule has 19 heavy (non-hydrogen) atoms. The van der Waals surface area contributed by atoms with E-state index in [0.717, 1.165) is 22.3 Å². The van der Waals surface area contributed by atoms with Gasteiger partial charge in [0.1, 0.15) is 0 Å². The van der Waals surface area contributed by atoms with Gasteiger partial charge in [0, 0.05) is 29.7 Å². The molecule has 2 N–H and O–H groups in total. The summed E-state index contributed by atoms with van der Waals surface area (Å²) in [6.07, 6.45) is 6.06. The summed E-state index contributed by atoms with van der Waals surface area (Å²) in [5.74, 6) is -0.804. The maximum Gasteiger partial charge on any atom is 0.303 e. The SMILES string of the molecule is O=C(O)CCc1cn(-c2c[nH]c3ccccc23)cn1. The first-order valence-electron chi connectivity index (χ1n) is 6.05. The minimum Gasteiger partial charge on any atom is -0.481 e. The zero-order valence-electron chi connectivity index (χ0n) is 10.2. The second kappa shape index (κ2) is 4.61. The molecule has 2 aromatic heterocycles. The number of nitrogens with zero attached hydrogens (tertiary/aromatic N) is 2. The topological polar surface area (TPSA) is 70.9 Å². The predicted octanol–water partition coefficient (Wildman–Crippen LogP) is 2.37. The Morgan fingerprint density at radius 3 is 3.05 bits per heavy atom. The third-order valence-corrected chi connectivity index (χ3v) is 3.08. The van der Waals surface area contributed by atoms with Crippen molar-refractivity contribution in [2.45, 2.75) is 12.8 Å². The number of imidazole rings is 1. The van der Waals surface area contributed by atoms with Crippen molar-refractivity contribution in [1.29, 1.82) is 0 Å². The van der Waals surface area contributed by atoms with Crippen LogP contribution in [-0.4, -0.2) is 25.6 Å². The Balaban J connectivity index is 1.92. The minimum atomic E-state index is -0.804. The molecule has 1 aromatic carbocycles. The number of aromatic nitrogens is 3. The van der Waals surface area contributed by atoms with E-state index in [1.807, 2.05) is 41.2 Å². The molecule has 0 aliphatic carbocycles. The van der Waals surface area contributed by atoms with E-state index >= 15 is 0 Å². The van der Waals surface area contributed by atoms with E-state index in [1.54, 1.807) is 6.33 Å². The summed E-state index contributed by atoms with van der Waals surface area (Å²) in [6.45, 7) is 0. The van der Waals surface area contributed by atoms with Crippen molar-refractivity contribution in [3.8, 4) is 5.69 Å². The first-order valence-corrected chi connectivity index (χ1v) is 6.05. The van der Waals surface area contributed by atoms with E-state index in [2.05, 4.69) is 9.97 Å². The summed E-state index contributed by atoms with van der Waals surface area (Å²) >= 11 is 0. The highest BCUT2D eigenvalue weighted by atomic mass is 16.4. The van der Waals surface area contributed by atoms with Crippen LogP contribution in [0.25, 0.3) is 16.6 Å². The van der Waals surface area contributed by atoms with Gasteiger partial charge < -0.3 is 14.7 Å². The fourth-order valence-electron chi connectivity index (χ4n) is 2.13. The van der Waals surface area contributed by atoms with Crippen LogP contribution in [0.5, 0.6) is 0 Å². The summed E-state index contributed by atoms with van der Waals surface area (Å²) in [5.41, 5.74) is 2.87. The second-order valence-electron chi connectivity index (χ2n) is 4.39. The van der Waals surface area contributed by atoms with E-state index in [4.69, 9.17) is 5.11 Å². The van der Waals surface area contributed by atoms with Crippen molar-refractivity contribution >= 4 is 16.9 Å². The van der Waals surface area contributed by atoms with Crippen LogP contribution in [-0.2, 0) is 11.2 Å². The van der Waals surface area contributed by atoms with Gasteiger partial charge in [0.2, 0.25) is 0 Å². The highest BCUT2D eigenvalue weighted by Gasteiger charge is 2.07. The molecule has 0 spiro atoms. The number of H-pyrrole nitrogens is 1. The summed E-state index contributed by atoms with van der Waals surface area (Å²) in [4.78, 5) is 18.0. The van der Waals surface area contributed by atoms with Gasteiger partial charge in [0.15, 0.2) is 0 Å². The molecule has 0 amide bonds. The Labute approximate surface area is 109 Å². The van der Waals surface area contributed by atoms with Gasteiger partial charge in [-0.05, 0) is 6.07 Å². The lowest BCUT2D eigenvalue weighted by atomic mass is 10.2. The van der Waals surface area contributed by atoms with Crippen LogP contribution in [0.1, 0.15) is 12.1 Å². The molecule has 0 fully saturated rings. The zero-order valence-corrected chi connectivity index (χ0v) is 10.2. The Morgan fingerprint density at radius 1 is 1.37 bits per heavy atom. The summed E-state index contributed by atoms with van der Waals surface area (Å²) in [6, 6.07) is 8.02. The normalized spacial score (nSPS) is 10.9. The van der Waals surface area contributed by atoms with Crippen LogP contribution in [0.3, 0.4) is 0 Å². The molecule has 0 saturated heterocycles. The van der Waals surface area contributed by atoms with E-state index < -0.39 is 5.97 Å². The van der Waals surface area contributed by atoms with Crippen molar-refractivity contribution in [2.75, 3.05) is 0 Å². The van der Waals surface area contributed by atoms with E-state index in [9.17, 15) is 4.79 Å². The highest BCUT2D eigenvalue weighted by molar-refractivity contribution is 5.88.